The fraction of sp³-hybridized carbons (Fsp3) is 0.364. The average Bonchev–Trinajstić information content (AvgIpc) is 2.72. The molecular formula is C22H27N5O2. The lowest BCUT2D eigenvalue weighted by atomic mass is 10.1. The van der Waals surface area contributed by atoms with Crippen molar-refractivity contribution in [3.05, 3.63) is 54.2 Å². The van der Waals surface area contributed by atoms with Crippen molar-refractivity contribution in [2.45, 2.75) is 39.2 Å². The Balaban J connectivity index is 1.76. The molecule has 152 valence electrons. The minimum atomic E-state index is -0.0339. The molecule has 1 saturated heterocycles. The molecule has 1 aromatic heterocycles. The van der Waals surface area contributed by atoms with Crippen molar-refractivity contribution < 1.29 is 9.59 Å². The second-order valence-corrected chi connectivity index (χ2v) is 7.30. The van der Waals surface area contributed by atoms with Crippen molar-refractivity contribution >= 4 is 29.1 Å². The van der Waals surface area contributed by atoms with E-state index in [2.05, 4.69) is 27.2 Å². The van der Waals surface area contributed by atoms with Gasteiger partial charge in [0.15, 0.2) is 5.78 Å². The molecule has 1 amide bonds. The standard InChI is InChI=1S/C22H27N5O2/c1-4-19(29)12-17-8-5-6-10-20(17)25-21-15(2)13-23-22(26-21)24-18-9-7-11-27(14-18)16(3)28/h4-6,8,10,13,18H,1,7,9,11-12,14H2,2-3H3,(H2,23,24,25,26)/t18-/m0/s1. The van der Waals surface area contributed by atoms with Gasteiger partial charge in [-0.3, -0.25) is 9.59 Å². The first-order chi connectivity index (χ1) is 14.0. The Labute approximate surface area is 171 Å². The summed E-state index contributed by atoms with van der Waals surface area (Å²) in [4.78, 5) is 34.3. The van der Waals surface area contributed by atoms with Crippen molar-refractivity contribution in [3.63, 3.8) is 0 Å². The number of allylic oxidation sites excluding steroid dienone is 1. The van der Waals surface area contributed by atoms with E-state index in [1.807, 2.05) is 36.1 Å². The lowest BCUT2D eigenvalue weighted by Gasteiger charge is -2.32. The highest BCUT2D eigenvalue weighted by Crippen LogP contribution is 2.24. The van der Waals surface area contributed by atoms with E-state index in [1.165, 1.54) is 6.08 Å². The van der Waals surface area contributed by atoms with Crippen LogP contribution in [0.4, 0.5) is 17.5 Å². The van der Waals surface area contributed by atoms with E-state index >= 15 is 0 Å². The zero-order valence-corrected chi connectivity index (χ0v) is 16.9. The first kappa shape index (κ1) is 20.5. The second kappa shape index (κ2) is 9.32. The number of rotatable bonds is 7. The van der Waals surface area contributed by atoms with Gasteiger partial charge in [-0.05, 0) is 37.5 Å². The maximum absolute atomic E-state index is 11.8. The van der Waals surface area contributed by atoms with Gasteiger partial charge in [0, 0.05) is 49.9 Å². The molecular weight excluding hydrogens is 366 g/mol. The molecule has 1 aliphatic rings. The number of hydrogen-bond donors (Lipinski definition) is 2. The normalized spacial score (nSPS) is 16.2. The largest absolute Gasteiger partial charge is 0.350 e. The van der Waals surface area contributed by atoms with Gasteiger partial charge in [0.1, 0.15) is 5.82 Å². The first-order valence-electron chi connectivity index (χ1n) is 9.82. The molecule has 0 radical (unpaired) electrons. The van der Waals surface area contributed by atoms with Crippen LogP contribution in [-0.4, -0.2) is 45.7 Å². The smallest absolute Gasteiger partial charge is 0.224 e. The van der Waals surface area contributed by atoms with Crippen molar-refractivity contribution in [2.75, 3.05) is 23.7 Å². The lowest BCUT2D eigenvalue weighted by molar-refractivity contribution is -0.129. The summed E-state index contributed by atoms with van der Waals surface area (Å²) in [6.07, 6.45) is 5.31. The Morgan fingerprint density at radius 3 is 2.90 bits per heavy atom. The number of ketones is 1. The molecule has 0 aliphatic carbocycles. The van der Waals surface area contributed by atoms with Gasteiger partial charge in [0.05, 0.1) is 0 Å². The molecule has 2 aromatic rings. The molecule has 1 aromatic carbocycles. The Morgan fingerprint density at radius 1 is 1.34 bits per heavy atom. The molecule has 2 N–H and O–H groups in total. The molecule has 7 heteroatoms. The number of aryl methyl sites for hydroxylation is 1. The number of para-hydroxylation sites is 1. The zero-order valence-electron chi connectivity index (χ0n) is 16.9. The van der Waals surface area contributed by atoms with Crippen LogP contribution in [0.5, 0.6) is 0 Å². The highest BCUT2D eigenvalue weighted by atomic mass is 16.2. The van der Waals surface area contributed by atoms with Crippen molar-refractivity contribution in [3.8, 4) is 0 Å². The third-order valence-corrected chi connectivity index (χ3v) is 5.03. The predicted molar refractivity (Wildman–Crippen MR) is 114 cm³/mol. The predicted octanol–water partition coefficient (Wildman–Crippen LogP) is 3.25. The van der Waals surface area contributed by atoms with E-state index in [9.17, 15) is 9.59 Å². The molecule has 3 rings (SSSR count). The molecule has 0 bridgehead atoms. The van der Waals surface area contributed by atoms with Crippen LogP contribution in [0.1, 0.15) is 30.9 Å². The average molecular weight is 393 g/mol. The van der Waals surface area contributed by atoms with Crippen LogP contribution in [0.3, 0.4) is 0 Å². The summed E-state index contributed by atoms with van der Waals surface area (Å²) >= 11 is 0. The van der Waals surface area contributed by atoms with Crippen molar-refractivity contribution in [1.82, 2.24) is 14.9 Å². The summed E-state index contributed by atoms with van der Waals surface area (Å²) in [6, 6.07) is 7.78. The number of nitrogens with zero attached hydrogens (tertiary/aromatic N) is 3. The fourth-order valence-electron chi connectivity index (χ4n) is 3.39. The van der Waals surface area contributed by atoms with E-state index < -0.39 is 0 Å². The Morgan fingerprint density at radius 2 is 2.14 bits per heavy atom. The molecule has 0 unspecified atom stereocenters. The maximum atomic E-state index is 11.8. The number of piperidine rings is 1. The van der Waals surface area contributed by atoms with E-state index in [1.54, 1.807) is 13.1 Å². The number of likely N-dealkylation sites (tertiary alicyclic amines) is 1. The van der Waals surface area contributed by atoms with E-state index in [-0.39, 0.29) is 24.2 Å². The SMILES string of the molecule is C=CC(=O)Cc1ccccc1Nc1nc(N[C@H]2CCCN(C(C)=O)C2)ncc1C. The van der Waals surface area contributed by atoms with Gasteiger partial charge in [-0.1, -0.05) is 24.8 Å². The first-order valence-corrected chi connectivity index (χ1v) is 9.82. The van der Waals surface area contributed by atoms with E-state index in [4.69, 9.17) is 0 Å². The molecule has 0 spiro atoms. The third kappa shape index (κ3) is 5.40. The Bertz CT molecular complexity index is 912. The summed E-state index contributed by atoms with van der Waals surface area (Å²) in [5.41, 5.74) is 2.61. The summed E-state index contributed by atoms with van der Waals surface area (Å²) in [6.45, 7) is 8.53. The van der Waals surface area contributed by atoms with Crippen LogP contribution >= 0.6 is 0 Å². The minimum Gasteiger partial charge on any atom is -0.350 e. The molecule has 29 heavy (non-hydrogen) atoms. The molecule has 2 heterocycles. The Hall–Kier alpha value is -3.22. The highest BCUT2D eigenvalue weighted by Gasteiger charge is 2.22. The maximum Gasteiger partial charge on any atom is 0.224 e. The van der Waals surface area contributed by atoms with E-state index in [0.717, 1.165) is 36.2 Å². The quantitative estimate of drug-likeness (QED) is 0.702. The summed E-state index contributed by atoms with van der Waals surface area (Å²) in [7, 11) is 0. The van der Waals surface area contributed by atoms with E-state index in [0.29, 0.717) is 18.3 Å². The molecule has 1 aliphatic heterocycles. The number of aromatic nitrogens is 2. The molecule has 0 saturated carbocycles. The number of benzene rings is 1. The van der Waals surface area contributed by atoms with Gasteiger partial charge >= 0.3 is 0 Å². The van der Waals surface area contributed by atoms with Gasteiger partial charge in [0.2, 0.25) is 11.9 Å². The monoisotopic (exact) mass is 393 g/mol. The van der Waals surface area contributed by atoms with Crippen LogP contribution in [0.15, 0.2) is 43.1 Å². The van der Waals surface area contributed by atoms with Crippen LogP contribution < -0.4 is 10.6 Å². The molecule has 7 nitrogen and oxygen atoms in total. The lowest BCUT2D eigenvalue weighted by Crippen LogP contribution is -2.44. The van der Waals surface area contributed by atoms with Gasteiger partial charge in [-0.25, -0.2) is 4.98 Å². The third-order valence-electron chi connectivity index (χ3n) is 5.03. The number of anilines is 3. The zero-order chi connectivity index (χ0) is 20.8. The Kier molecular flexibility index (Phi) is 6.59. The number of carbonyl (C=O) groups is 2. The number of hydrogen-bond acceptors (Lipinski definition) is 6. The summed E-state index contributed by atoms with van der Waals surface area (Å²) in [5.74, 6) is 1.26. The fourth-order valence-corrected chi connectivity index (χ4v) is 3.39. The van der Waals surface area contributed by atoms with Crippen LogP contribution in [-0.2, 0) is 16.0 Å². The summed E-state index contributed by atoms with van der Waals surface area (Å²) in [5, 5.41) is 6.68. The van der Waals surface area contributed by atoms with Crippen LogP contribution in [0.25, 0.3) is 0 Å². The van der Waals surface area contributed by atoms with Crippen molar-refractivity contribution in [2.24, 2.45) is 0 Å². The van der Waals surface area contributed by atoms with Gasteiger partial charge < -0.3 is 15.5 Å². The summed E-state index contributed by atoms with van der Waals surface area (Å²) < 4.78 is 0. The number of carbonyl (C=O) groups excluding carboxylic acids is 2. The molecule has 1 fully saturated rings. The topological polar surface area (TPSA) is 87.2 Å². The minimum absolute atomic E-state index is 0.0339. The highest BCUT2D eigenvalue weighted by molar-refractivity contribution is 5.92. The van der Waals surface area contributed by atoms with Crippen LogP contribution in [0.2, 0.25) is 0 Å². The second-order valence-electron chi connectivity index (χ2n) is 7.30. The van der Waals surface area contributed by atoms with Gasteiger partial charge in [0.25, 0.3) is 0 Å². The van der Waals surface area contributed by atoms with Crippen molar-refractivity contribution in [1.29, 1.82) is 0 Å². The van der Waals surface area contributed by atoms with Gasteiger partial charge in [-0.15, -0.1) is 0 Å². The number of nitrogens with one attached hydrogen (secondary N) is 2. The molecule has 1 atom stereocenters. The number of amides is 1. The van der Waals surface area contributed by atoms with Gasteiger partial charge in [-0.2, -0.15) is 4.98 Å². The van der Waals surface area contributed by atoms with Crippen LogP contribution in [0, 0.1) is 6.92 Å².